The van der Waals surface area contributed by atoms with Crippen molar-refractivity contribution < 1.29 is 18.0 Å². The first-order valence-electron chi connectivity index (χ1n) is 4.45. The normalized spacial score (nSPS) is 12.1. The molecule has 0 amide bonds. The quantitative estimate of drug-likeness (QED) is 0.733. The summed E-state index contributed by atoms with van der Waals surface area (Å²) < 4.78 is 37.9. The Labute approximate surface area is 84.9 Å². The summed E-state index contributed by atoms with van der Waals surface area (Å²) in [5, 5.41) is 3.35. The van der Waals surface area contributed by atoms with Crippen molar-refractivity contribution in [1.82, 2.24) is 9.78 Å². The molecule has 3 nitrogen and oxygen atoms in total. The fourth-order valence-electron chi connectivity index (χ4n) is 1.16. The van der Waals surface area contributed by atoms with Gasteiger partial charge < -0.3 is 0 Å². The molecule has 15 heavy (non-hydrogen) atoms. The lowest BCUT2D eigenvalue weighted by molar-refractivity contribution is -0.141. The Hall–Kier alpha value is -1.33. The highest BCUT2D eigenvalue weighted by molar-refractivity contribution is 5.72. The maximum Gasteiger partial charge on any atom is 0.435 e. The van der Waals surface area contributed by atoms with Gasteiger partial charge >= 0.3 is 6.18 Å². The molecule has 0 unspecified atom stereocenters. The van der Waals surface area contributed by atoms with Crippen LogP contribution in [0.3, 0.4) is 0 Å². The summed E-state index contributed by atoms with van der Waals surface area (Å²) in [5.74, 6) is 0.129. The minimum Gasteiger partial charge on any atom is -0.296 e. The Balaban J connectivity index is 3.06. The molecular weight excluding hydrogens is 209 g/mol. The second-order valence-electron chi connectivity index (χ2n) is 3.65. The van der Waals surface area contributed by atoms with Gasteiger partial charge in [0.2, 0.25) is 0 Å². The Morgan fingerprint density at radius 1 is 1.53 bits per heavy atom. The van der Waals surface area contributed by atoms with E-state index in [1.165, 1.54) is 0 Å². The van der Waals surface area contributed by atoms with Crippen molar-refractivity contribution in [3.8, 4) is 0 Å². The molecule has 0 bridgehead atoms. The Kier molecular flexibility index (Phi) is 3.16. The van der Waals surface area contributed by atoms with E-state index in [2.05, 4.69) is 5.10 Å². The number of hydrogen-bond acceptors (Lipinski definition) is 2. The average Bonchev–Trinajstić information content (AvgIpc) is 2.45. The van der Waals surface area contributed by atoms with Crippen molar-refractivity contribution in [2.45, 2.75) is 26.6 Å². The molecule has 1 rings (SSSR count). The van der Waals surface area contributed by atoms with Crippen LogP contribution in [-0.4, -0.2) is 16.1 Å². The summed E-state index contributed by atoms with van der Waals surface area (Å²) in [6, 6.07) is 0.759. The van der Waals surface area contributed by atoms with Crippen LogP contribution in [0, 0.1) is 5.92 Å². The number of aromatic nitrogens is 2. The first-order valence-corrected chi connectivity index (χ1v) is 4.45. The van der Waals surface area contributed by atoms with Gasteiger partial charge in [-0.25, -0.2) is 0 Å². The van der Waals surface area contributed by atoms with Crippen LogP contribution in [0.15, 0.2) is 6.07 Å². The largest absolute Gasteiger partial charge is 0.435 e. The molecule has 0 saturated carbocycles. The van der Waals surface area contributed by atoms with Gasteiger partial charge in [0.25, 0.3) is 0 Å². The molecule has 0 aliphatic rings. The van der Waals surface area contributed by atoms with Crippen molar-refractivity contribution >= 4 is 6.29 Å². The fourth-order valence-corrected chi connectivity index (χ4v) is 1.16. The molecule has 0 N–H and O–H groups in total. The number of halogens is 3. The predicted molar refractivity (Wildman–Crippen MR) is 47.5 cm³/mol. The van der Waals surface area contributed by atoms with E-state index in [1.54, 1.807) is 0 Å². The lowest BCUT2D eigenvalue weighted by Crippen LogP contribution is -2.11. The van der Waals surface area contributed by atoms with Crippen molar-refractivity contribution in [2.75, 3.05) is 0 Å². The van der Waals surface area contributed by atoms with Crippen LogP contribution in [0.4, 0.5) is 13.2 Å². The molecule has 0 spiro atoms. The zero-order valence-corrected chi connectivity index (χ0v) is 8.38. The van der Waals surface area contributed by atoms with Crippen LogP contribution in [0.1, 0.15) is 30.0 Å². The van der Waals surface area contributed by atoms with E-state index in [1.807, 2.05) is 13.8 Å². The van der Waals surface area contributed by atoms with Crippen LogP contribution in [-0.2, 0) is 12.7 Å². The molecule has 1 aromatic rings. The van der Waals surface area contributed by atoms with Gasteiger partial charge in [0.15, 0.2) is 12.0 Å². The highest BCUT2D eigenvalue weighted by Gasteiger charge is 2.34. The van der Waals surface area contributed by atoms with Crippen molar-refractivity contribution in [3.05, 3.63) is 17.5 Å². The first kappa shape index (κ1) is 11.7. The molecule has 1 aromatic heterocycles. The minimum atomic E-state index is -4.50. The second kappa shape index (κ2) is 4.04. The lowest BCUT2D eigenvalue weighted by atomic mass is 10.2. The summed E-state index contributed by atoms with van der Waals surface area (Å²) in [6.07, 6.45) is -4.12. The Bertz CT molecular complexity index is 355. The summed E-state index contributed by atoms with van der Waals surface area (Å²) in [5.41, 5.74) is -1.07. The van der Waals surface area contributed by atoms with E-state index in [-0.39, 0.29) is 11.6 Å². The van der Waals surface area contributed by atoms with Crippen LogP contribution < -0.4 is 0 Å². The molecule has 0 aliphatic heterocycles. The van der Waals surface area contributed by atoms with Gasteiger partial charge in [0, 0.05) is 6.54 Å². The van der Waals surface area contributed by atoms with Crippen molar-refractivity contribution in [3.63, 3.8) is 0 Å². The van der Waals surface area contributed by atoms with Gasteiger partial charge in [-0.15, -0.1) is 0 Å². The topological polar surface area (TPSA) is 34.9 Å². The van der Waals surface area contributed by atoms with Crippen LogP contribution in [0.2, 0.25) is 0 Å². The molecule has 0 aliphatic carbocycles. The molecule has 0 radical (unpaired) electrons. The molecule has 1 heterocycles. The summed E-state index contributed by atoms with van der Waals surface area (Å²) in [7, 11) is 0. The van der Waals surface area contributed by atoms with Gasteiger partial charge in [-0.1, -0.05) is 13.8 Å². The van der Waals surface area contributed by atoms with Gasteiger partial charge in [-0.3, -0.25) is 9.48 Å². The smallest absolute Gasteiger partial charge is 0.296 e. The number of hydrogen-bond donors (Lipinski definition) is 0. The molecule has 0 saturated heterocycles. The highest BCUT2D eigenvalue weighted by Crippen LogP contribution is 2.28. The molecule has 84 valence electrons. The van der Waals surface area contributed by atoms with Crippen LogP contribution in [0.5, 0.6) is 0 Å². The average molecular weight is 220 g/mol. The standard InChI is InChI=1S/C9H11F3N2O/c1-6(2)4-14-7(5-15)3-8(13-14)9(10,11)12/h3,5-6H,4H2,1-2H3. The summed E-state index contributed by atoms with van der Waals surface area (Å²) in [6.45, 7) is 3.97. The second-order valence-corrected chi connectivity index (χ2v) is 3.65. The van der Waals surface area contributed by atoms with Crippen molar-refractivity contribution in [2.24, 2.45) is 5.92 Å². The Morgan fingerprint density at radius 2 is 2.13 bits per heavy atom. The van der Waals surface area contributed by atoms with Gasteiger partial charge in [0.05, 0.1) is 0 Å². The van der Waals surface area contributed by atoms with Crippen LogP contribution in [0.25, 0.3) is 0 Å². The van der Waals surface area contributed by atoms with Gasteiger partial charge in [-0.05, 0) is 12.0 Å². The third-order valence-electron chi connectivity index (χ3n) is 1.76. The predicted octanol–water partition coefficient (Wildman–Crippen LogP) is 2.37. The number of carbonyl (C=O) groups excluding carboxylic acids is 1. The zero-order valence-electron chi connectivity index (χ0n) is 8.38. The first-order chi connectivity index (χ1) is 6.84. The third-order valence-corrected chi connectivity index (χ3v) is 1.76. The zero-order chi connectivity index (χ0) is 11.6. The van der Waals surface area contributed by atoms with E-state index in [4.69, 9.17) is 0 Å². The number of carbonyl (C=O) groups is 1. The highest BCUT2D eigenvalue weighted by atomic mass is 19.4. The van der Waals surface area contributed by atoms with Gasteiger partial charge in [0.1, 0.15) is 5.69 Å². The minimum absolute atomic E-state index is 0.0453. The SMILES string of the molecule is CC(C)Cn1nc(C(F)(F)F)cc1C=O. The monoisotopic (exact) mass is 220 g/mol. The molecular formula is C9H11F3N2O. The number of rotatable bonds is 3. The number of alkyl halides is 3. The van der Waals surface area contributed by atoms with E-state index in [0.717, 1.165) is 10.7 Å². The third kappa shape index (κ3) is 2.81. The summed E-state index contributed by atoms with van der Waals surface area (Å²) in [4.78, 5) is 10.5. The maximum absolute atomic E-state index is 12.3. The Morgan fingerprint density at radius 3 is 2.53 bits per heavy atom. The molecule has 0 fully saturated rings. The van der Waals surface area contributed by atoms with E-state index in [9.17, 15) is 18.0 Å². The van der Waals surface area contributed by atoms with Crippen LogP contribution >= 0.6 is 0 Å². The van der Waals surface area contributed by atoms with Gasteiger partial charge in [-0.2, -0.15) is 18.3 Å². The lowest BCUT2D eigenvalue weighted by Gasteiger charge is -2.06. The molecule has 6 heteroatoms. The van der Waals surface area contributed by atoms with E-state index < -0.39 is 11.9 Å². The number of nitrogens with zero attached hydrogens (tertiary/aromatic N) is 2. The molecule has 0 aromatic carbocycles. The number of aldehydes is 1. The maximum atomic E-state index is 12.3. The summed E-state index contributed by atoms with van der Waals surface area (Å²) >= 11 is 0. The fraction of sp³-hybridized carbons (Fsp3) is 0.556. The molecule has 0 atom stereocenters. The van der Waals surface area contributed by atoms with E-state index in [0.29, 0.717) is 12.8 Å². The van der Waals surface area contributed by atoms with E-state index >= 15 is 0 Å². The van der Waals surface area contributed by atoms with Crippen molar-refractivity contribution in [1.29, 1.82) is 0 Å².